The van der Waals surface area contributed by atoms with E-state index in [9.17, 15) is 4.79 Å². The molecule has 116 valence electrons. The van der Waals surface area contributed by atoms with Crippen LogP contribution in [0.3, 0.4) is 0 Å². The van der Waals surface area contributed by atoms with Gasteiger partial charge in [0.15, 0.2) is 0 Å². The highest BCUT2D eigenvalue weighted by atomic mass is 32.2. The molecule has 2 heterocycles. The first-order valence-electron chi connectivity index (χ1n) is 7.04. The summed E-state index contributed by atoms with van der Waals surface area (Å²) in [5.74, 6) is -0.0993. The molecule has 0 unspecified atom stereocenters. The molecule has 0 aliphatic carbocycles. The third-order valence-corrected chi connectivity index (χ3v) is 4.97. The fourth-order valence-electron chi connectivity index (χ4n) is 2.21. The third kappa shape index (κ3) is 3.60. The van der Waals surface area contributed by atoms with E-state index in [1.807, 2.05) is 48.0 Å². The Balaban J connectivity index is 1.78. The summed E-state index contributed by atoms with van der Waals surface area (Å²) in [6.45, 7) is 0.350. The molecule has 1 amide bonds. The van der Waals surface area contributed by atoms with Crippen molar-refractivity contribution in [3.63, 3.8) is 0 Å². The summed E-state index contributed by atoms with van der Waals surface area (Å²) >= 11 is 3.17. The minimum atomic E-state index is -0.0993. The second kappa shape index (κ2) is 7.39. The number of aromatic nitrogens is 2. The second-order valence-electron chi connectivity index (χ2n) is 4.71. The molecule has 0 saturated carbocycles. The van der Waals surface area contributed by atoms with Gasteiger partial charge in [0.2, 0.25) is 0 Å². The number of carbonyl (C=O) groups is 1. The standard InChI is InChI=1S/C17H15N3OS2/c1-22-14-6-3-2-5-12(14)17(21)20-11-13-16(19-9-8-18-13)15-7-4-10-23-15/h2-10H,11H2,1H3,(H,20,21). The molecular formula is C17H15N3OS2. The van der Waals surface area contributed by atoms with Gasteiger partial charge in [-0.3, -0.25) is 14.8 Å². The summed E-state index contributed by atoms with van der Waals surface area (Å²) < 4.78 is 0. The lowest BCUT2D eigenvalue weighted by Gasteiger charge is -2.10. The van der Waals surface area contributed by atoms with Crippen LogP contribution in [0.1, 0.15) is 16.1 Å². The largest absolute Gasteiger partial charge is 0.346 e. The van der Waals surface area contributed by atoms with E-state index in [0.29, 0.717) is 12.1 Å². The Hall–Kier alpha value is -2.18. The molecule has 0 bridgehead atoms. The van der Waals surface area contributed by atoms with Crippen molar-refractivity contribution in [2.75, 3.05) is 6.26 Å². The van der Waals surface area contributed by atoms with E-state index in [1.54, 1.807) is 35.5 Å². The summed E-state index contributed by atoms with van der Waals surface area (Å²) in [5, 5.41) is 4.94. The number of nitrogens with zero attached hydrogens (tertiary/aromatic N) is 2. The fourth-order valence-corrected chi connectivity index (χ4v) is 3.55. The van der Waals surface area contributed by atoms with Gasteiger partial charge in [-0.2, -0.15) is 0 Å². The summed E-state index contributed by atoms with van der Waals surface area (Å²) in [6, 6.07) is 11.6. The molecule has 0 spiro atoms. The van der Waals surface area contributed by atoms with E-state index in [4.69, 9.17) is 0 Å². The molecule has 0 atom stereocenters. The van der Waals surface area contributed by atoms with Crippen molar-refractivity contribution < 1.29 is 4.79 Å². The maximum Gasteiger partial charge on any atom is 0.252 e. The first-order valence-corrected chi connectivity index (χ1v) is 9.15. The Morgan fingerprint density at radius 2 is 2.00 bits per heavy atom. The van der Waals surface area contributed by atoms with Crippen LogP contribution in [0.25, 0.3) is 10.6 Å². The van der Waals surface area contributed by atoms with E-state index in [0.717, 1.165) is 21.2 Å². The summed E-state index contributed by atoms with van der Waals surface area (Å²) in [4.78, 5) is 23.2. The zero-order valence-electron chi connectivity index (χ0n) is 12.5. The SMILES string of the molecule is CSc1ccccc1C(=O)NCc1nccnc1-c1cccs1. The molecule has 0 radical (unpaired) electrons. The van der Waals surface area contributed by atoms with Gasteiger partial charge in [0.05, 0.1) is 22.7 Å². The Bertz CT molecular complexity index is 803. The Kier molecular flexibility index (Phi) is 5.05. The first-order chi connectivity index (χ1) is 11.3. The van der Waals surface area contributed by atoms with Crippen LogP contribution in [-0.2, 0) is 6.54 Å². The van der Waals surface area contributed by atoms with E-state index in [-0.39, 0.29) is 5.91 Å². The molecule has 1 N–H and O–H groups in total. The predicted molar refractivity (Wildman–Crippen MR) is 94.7 cm³/mol. The van der Waals surface area contributed by atoms with E-state index < -0.39 is 0 Å². The molecule has 6 heteroatoms. The third-order valence-electron chi connectivity index (χ3n) is 3.30. The van der Waals surface area contributed by atoms with Crippen molar-refractivity contribution in [1.82, 2.24) is 15.3 Å². The van der Waals surface area contributed by atoms with Crippen molar-refractivity contribution in [3.8, 4) is 10.6 Å². The van der Waals surface area contributed by atoms with Crippen molar-refractivity contribution >= 4 is 29.0 Å². The second-order valence-corrected chi connectivity index (χ2v) is 6.51. The Labute approximate surface area is 143 Å². The average molecular weight is 341 g/mol. The average Bonchev–Trinajstić information content (AvgIpc) is 3.14. The van der Waals surface area contributed by atoms with Crippen LogP contribution in [0.15, 0.2) is 59.1 Å². The lowest BCUT2D eigenvalue weighted by molar-refractivity contribution is 0.0947. The summed E-state index contributed by atoms with van der Waals surface area (Å²) in [7, 11) is 0. The number of benzene rings is 1. The van der Waals surface area contributed by atoms with Crippen molar-refractivity contribution in [2.24, 2.45) is 0 Å². The number of thioether (sulfide) groups is 1. The summed E-state index contributed by atoms with van der Waals surface area (Å²) in [5.41, 5.74) is 2.27. The molecule has 0 fully saturated rings. The maximum atomic E-state index is 12.4. The van der Waals surface area contributed by atoms with Crippen molar-refractivity contribution in [3.05, 3.63) is 65.4 Å². The zero-order valence-corrected chi connectivity index (χ0v) is 14.2. The molecule has 2 aromatic heterocycles. The molecular weight excluding hydrogens is 326 g/mol. The minimum absolute atomic E-state index is 0.0993. The first kappa shape index (κ1) is 15.7. The zero-order chi connectivity index (χ0) is 16.1. The summed E-state index contributed by atoms with van der Waals surface area (Å²) in [6.07, 6.45) is 5.28. The molecule has 3 aromatic rings. The topological polar surface area (TPSA) is 54.9 Å². The van der Waals surface area contributed by atoms with Gasteiger partial charge in [-0.05, 0) is 29.8 Å². The van der Waals surface area contributed by atoms with Crippen LogP contribution in [0, 0.1) is 0 Å². The molecule has 23 heavy (non-hydrogen) atoms. The number of hydrogen-bond acceptors (Lipinski definition) is 5. The monoisotopic (exact) mass is 341 g/mol. The van der Waals surface area contributed by atoms with Crippen molar-refractivity contribution in [1.29, 1.82) is 0 Å². The van der Waals surface area contributed by atoms with Crippen LogP contribution in [0.5, 0.6) is 0 Å². The molecule has 4 nitrogen and oxygen atoms in total. The van der Waals surface area contributed by atoms with Crippen LogP contribution in [0.4, 0.5) is 0 Å². The van der Waals surface area contributed by atoms with Crippen LogP contribution in [-0.4, -0.2) is 22.1 Å². The molecule has 0 saturated heterocycles. The molecule has 0 aliphatic rings. The van der Waals surface area contributed by atoms with Crippen LogP contribution >= 0.6 is 23.1 Å². The quantitative estimate of drug-likeness (QED) is 0.716. The lowest BCUT2D eigenvalue weighted by atomic mass is 10.2. The van der Waals surface area contributed by atoms with Gasteiger partial charge in [0.1, 0.15) is 5.69 Å². The number of rotatable bonds is 5. The molecule has 0 aliphatic heterocycles. The maximum absolute atomic E-state index is 12.4. The van der Waals surface area contributed by atoms with Gasteiger partial charge < -0.3 is 5.32 Å². The fraction of sp³-hybridized carbons (Fsp3) is 0.118. The van der Waals surface area contributed by atoms with Gasteiger partial charge in [0, 0.05) is 17.3 Å². The van der Waals surface area contributed by atoms with E-state index >= 15 is 0 Å². The number of thiophene rings is 1. The van der Waals surface area contributed by atoms with E-state index in [1.165, 1.54) is 0 Å². The Morgan fingerprint density at radius 3 is 2.78 bits per heavy atom. The Morgan fingerprint density at radius 1 is 1.17 bits per heavy atom. The number of hydrogen-bond donors (Lipinski definition) is 1. The predicted octanol–water partition coefficient (Wildman–Crippen LogP) is 3.86. The van der Waals surface area contributed by atoms with Crippen molar-refractivity contribution in [2.45, 2.75) is 11.4 Å². The molecule has 3 rings (SSSR count). The normalized spacial score (nSPS) is 10.5. The van der Waals surface area contributed by atoms with Crippen LogP contribution in [0.2, 0.25) is 0 Å². The van der Waals surface area contributed by atoms with E-state index in [2.05, 4.69) is 15.3 Å². The molecule has 1 aromatic carbocycles. The highest BCUT2D eigenvalue weighted by Gasteiger charge is 2.13. The highest BCUT2D eigenvalue weighted by molar-refractivity contribution is 7.98. The number of carbonyl (C=O) groups excluding carboxylic acids is 1. The van der Waals surface area contributed by atoms with Gasteiger partial charge in [0.25, 0.3) is 5.91 Å². The van der Waals surface area contributed by atoms with Crippen LogP contribution < -0.4 is 5.32 Å². The minimum Gasteiger partial charge on any atom is -0.346 e. The van der Waals surface area contributed by atoms with Gasteiger partial charge in [-0.25, -0.2) is 0 Å². The number of nitrogens with one attached hydrogen (secondary N) is 1. The number of amides is 1. The van der Waals surface area contributed by atoms with Gasteiger partial charge in [-0.1, -0.05) is 18.2 Å². The van der Waals surface area contributed by atoms with Gasteiger partial charge in [-0.15, -0.1) is 23.1 Å². The lowest BCUT2D eigenvalue weighted by Crippen LogP contribution is -2.24. The highest BCUT2D eigenvalue weighted by Crippen LogP contribution is 2.25. The smallest absolute Gasteiger partial charge is 0.252 e. The van der Waals surface area contributed by atoms with Gasteiger partial charge >= 0.3 is 0 Å².